The Bertz CT molecular complexity index is 885. The largest absolute Gasteiger partial charge is 0.456 e. The van der Waals surface area contributed by atoms with Crippen molar-refractivity contribution >= 4 is 21.9 Å². The second-order valence-electron chi connectivity index (χ2n) is 5.66. The number of likely N-dealkylation sites (N-methyl/N-ethyl adjacent to an activating group) is 1. The summed E-state index contributed by atoms with van der Waals surface area (Å²) in [5.74, 6) is 0. The molecule has 3 aromatic rings. The molecule has 0 aliphatic carbocycles. The number of furan rings is 1. The smallest absolute Gasteiger partial charge is 0.141 e. The molecule has 0 spiro atoms. The van der Waals surface area contributed by atoms with Gasteiger partial charge in [-0.05, 0) is 31.3 Å². The van der Waals surface area contributed by atoms with Crippen LogP contribution in [0.5, 0.6) is 0 Å². The SMILES string of the molecule is Cc1ccc2oc3c(C4C=CC=CN4C)cccc3c2c1. The van der Waals surface area contributed by atoms with Gasteiger partial charge in [-0.25, -0.2) is 0 Å². The van der Waals surface area contributed by atoms with Crippen molar-refractivity contribution in [2.45, 2.75) is 13.0 Å². The van der Waals surface area contributed by atoms with Gasteiger partial charge in [-0.3, -0.25) is 0 Å². The van der Waals surface area contributed by atoms with Crippen LogP contribution in [-0.4, -0.2) is 11.9 Å². The molecule has 2 heteroatoms. The highest BCUT2D eigenvalue weighted by molar-refractivity contribution is 6.06. The van der Waals surface area contributed by atoms with Crippen LogP contribution in [0.1, 0.15) is 17.2 Å². The number of rotatable bonds is 1. The number of hydrogen-bond acceptors (Lipinski definition) is 2. The summed E-state index contributed by atoms with van der Waals surface area (Å²) in [5.41, 5.74) is 4.42. The topological polar surface area (TPSA) is 16.4 Å². The molecule has 0 bridgehead atoms. The lowest BCUT2D eigenvalue weighted by molar-refractivity contribution is 0.389. The van der Waals surface area contributed by atoms with Crippen molar-refractivity contribution < 1.29 is 4.42 Å². The lowest BCUT2D eigenvalue weighted by Gasteiger charge is -2.26. The van der Waals surface area contributed by atoms with Gasteiger partial charge in [-0.15, -0.1) is 0 Å². The third kappa shape index (κ3) is 1.87. The summed E-state index contributed by atoms with van der Waals surface area (Å²) < 4.78 is 6.16. The fourth-order valence-electron chi connectivity index (χ4n) is 3.07. The fraction of sp³-hybridized carbons (Fsp3) is 0.158. The normalized spacial score (nSPS) is 18.0. The molecule has 0 saturated heterocycles. The second-order valence-corrected chi connectivity index (χ2v) is 5.66. The maximum Gasteiger partial charge on any atom is 0.141 e. The van der Waals surface area contributed by atoms with Crippen LogP contribution in [0.2, 0.25) is 0 Å². The third-order valence-electron chi connectivity index (χ3n) is 4.17. The van der Waals surface area contributed by atoms with E-state index in [1.54, 1.807) is 0 Å². The van der Waals surface area contributed by atoms with Crippen molar-refractivity contribution in [1.82, 2.24) is 4.90 Å². The van der Waals surface area contributed by atoms with Crippen LogP contribution in [0.4, 0.5) is 0 Å². The maximum atomic E-state index is 6.16. The average Bonchev–Trinajstić information content (AvgIpc) is 2.86. The molecule has 21 heavy (non-hydrogen) atoms. The number of para-hydroxylation sites is 1. The first kappa shape index (κ1) is 12.3. The number of fused-ring (bicyclic) bond motifs is 3. The van der Waals surface area contributed by atoms with Crippen LogP contribution < -0.4 is 0 Å². The van der Waals surface area contributed by atoms with Gasteiger partial charge in [0.25, 0.3) is 0 Å². The third-order valence-corrected chi connectivity index (χ3v) is 4.17. The number of aryl methyl sites for hydroxylation is 1. The minimum atomic E-state index is 0.223. The first-order chi connectivity index (χ1) is 10.2. The van der Waals surface area contributed by atoms with Crippen molar-refractivity contribution in [3.63, 3.8) is 0 Å². The van der Waals surface area contributed by atoms with Gasteiger partial charge in [0.15, 0.2) is 0 Å². The summed E-state index contributed by atoms with van der Waals surface area (Å²) in [6.45, 7) is 2.12. The van der Waals surface area contributed by atoms with E-state index >= 15 is 0 Å². The van der Waals surface area contributed by atoms with Crippen LogP contribution >= 0.6 is 0 Å². The molecule has 1 aliphatic heterocycles. The Morgan fingerprint density at radius 3 is 2.81 bits per heavy atom. The number of hydrogen-bond donors (Lipinski definition) is 0. The van der Waals surface area contributed by atoms with E-state index in [0.29, 0.717) is 0 Å². The second kappa shape index (κ2) is 4.52. The van der Waals surface area contributed by atoms with E-state index in [2.05, 4.69) is 79.7 Å². The molecule has 4 rings (SSSR count). The van der Waals surface area contributed by atoms with Crippen molar-refractivity contribution in [1.29, 1.82) is 0 Å². The van der Waals surface area contributed by atoms with E-state index in [9.17, 15) is 0 Å². The zero-order valence-corrected chi connectivity index (χ0v) is 12.2. The average molecular weight is 275 g/mol. The minimum Gasteiger partial charge on any atom is -0.456 e. The Labute approximate surface area is 124 Å². The van der Waals surface area contributed by atoms with Crippen LogP contribution in [0.15, 0.2) is 65.2 Å². The Balaban J connectivity index is 2.00. The Kier molecular flexibility index (Phi) is 2.64. The van der Waals surface area contributed by atoms with Gasteiger partial charge in [0, 0.05) is 23.4 Å². The van der Waals surface area contributed by atoms with Crippen molar-refractivity contribution in [2.75, 3.05) is 7.05 Å². The van der Waals surface area contributed by atoms with Gasteiger partial charge in [0.2, 0.25) is 0 Å². The van der Waals surface area contributed by atoms with E-state index in [4.69, 9.17) is 4.42 Å². The summed E-state index contributed by atoms with van der Waals surface area (Å²) >= 11 is 0. The van der Waals surface area contributed by atoms with E-state index in [1.165, 1.54) is 21.9 Å². The van der Waals surface area contributed by atoms with Crippen LogP contribution in [-0.2, 0) is 0 Å². The van der Waals surface area contributed by atoms with Gasteiger partial charge >= 0.3 is 0 Å². The molecule has 0 N–H and O–H groups in total. The van der Waals surface area contributed by atoms with Gasteiger partial charge in [0.05, 0.1) is 6.04 Å². The zero-order valence-electron chi connectivity index (χ0n) is 12.2. The van der Waals surface area contributed by atoms with E-state index in [0.717, 1.165) is 11.2 Å². The van der Waals surface area contributed by atoms with Crippen LogP contribution in [0.3, 0.4) is 0 Å². The predicted molar refractivity (Wildman–Crippen MR) is 87.2 cm³/mol. The maximum absolute atomic E-state index is 6.16. The molecular weight excluding hydrogens is 258 g/mol. The highest BCUT2D eigenvalue weighted by Crippen LogP contribution is 2.36. The van der Waals surface area contributed by atoms with Crippen molar-refractivity contribution in [2.24, 2.45) is 0 Å². The van der Waals surface area contributed by atoms with Crippen LogP contribution in [0, 0.1) is 6.92 Å². The summed E-state index contributed by atoms with van der Waals surface area (Å²) in [4.78, 5) is 2.20. The Morgan fingerprint density at radius 2 is 1.95 bits per heavy atom. The molecule has 2 heterocycles. The van der Waals surface area contributed by atoms with Crippen molar-refractivity contribution in [3.8, 4) is 0 Å². The number of allylic oxidation sites excluding steroid dienone is 2. The number of nitrogens with zero attached hydrogens (tertiary/aromatic N) is 1. The molecule has 1 aromatic heterocycles. The summed E-state index contributed by atoms with van der Waals surface area (Å²) in [5, 5.41) is 2.40. The van der Waals surface area contributed by atoms with Crippen LogP contribution in [0.25, 0.3) is 21.9 Å². The monoisotopic (exact) mass is 275 g/mol. The molecule has 0 amide bonds. The van der Waals surface area contributed by atoms with E-state index in [-0.39, 0.29) is 6.04 Å². The molecule has 2 aromatic carbocycles. The minimum absolute atomic E-state index is 0.223. The molecule has 1 unspecified atom stereocenters. The summed E-state index contributed by atoms with van der Waals surface area (Å²) in [7, 11) is 2.09. The lowest BCUT2D eigenvalue weighted by Crippen LogP contribution is -2.18. The number of benzene rings is 2. The highest BCUT2D eigenvalue weighted by atomic mass is 16.3. The van der Waals surface area contributed by atoms with Crippen molar-refractivity contribution in [3.05, 3.63) is 72.0 Å². The molecular formula is C19H17NO. The predicted octanol–water partition coefficient (Wildman–Crippen LogP) is 4.95. The standard InChI is InChI=1S/C19H17NO/c1-13-9-10-18-16(12-13)14-6-5-7-15(19(14)21-18)17-8-3-4-11-20(17)2/h3-12,17H,1-2H3. The Hall–Kier alpha value is -2.48. The summed E-state index contributed by atoms with van der Waals surface area (Å²) in [6, 6.07) is 13.0. The quantitative estimate of drug-likeness (QED) is 0.624. The lowest BCUT2D eigenvalue weighted by atomic mass is 10.0. The van der Waals surface area contributed by atoms with E-state index in [1.807, 2.05) is 0 Å². The van der Waals surface area contributed by atoms with Gasteiger partial charge in [0.1, 0.15) is 11.2 Å². The van der Waals surface area contributed by atoms with Gasteiger partial charge in [-0.2, -0.15) is 0 Å². The molecule has 104 valence electrons. The molecule has 1 atom stereocenters. The van der Waals surface area contributed by atoms with E-state index < -0.39 is 0 Å². The molecule has 2 nitrogen and oxygen atoms in total. The van der Waals surface area contributed by atoms with Gasteiger partial charge in [-0.1, -0.05) is 42.0 Å². The zero-order chi connectivity index (χ0) is 14.4. The molecule has 1 aliphatic rings. The van der Waals surface area contributed by atoms with Gasteiger partial charge < -0.3 is 9.32 Å². The molecule has 0 fully saturated rings. The first-order valence-electron chi connectivity index (χ1n) is 7.23. The molecule has 0 saturated carbocycles. The fourth-order valence-corrected chi connectivity index (χ4v) is 3.07. The summed E-state index contributed by atoms with van der Waals surface area (Å²) in [6.07, 6.45) is 8.44. The first-order valence-corrected chi connectivity index (χ1v) is 7.23. The Morgan fingerprint density at radius 1 is 1.05 bits per heavy atom. The highest BCUT2D eigenvalue weighted by Gasteiger charge is 2.19. The molecule has 0 radical (unpaired) electrons.